The molecule has 19 heavy (non-hydrogen) atoms. The Bertz CT molecular complexity index is 458. The predicted molar refractivity (Wildman–Crippen MR) is 73.4 cm³/mol. The van der Waals surface area contributed by atoms with E-state index in [1.165, 1.54) is 13.2 Å². The first kappa shape index (κ1) is 15.5. The monoisotopic (exact) mass is 328 g/mol. The number of hydrogen-bond donors (Lipinski definition) is 0. The molecule has 1 unspecified atom stereocenters. The molecule has 1 atom stereocenters. The van der Waals surface area contributed by atoms with Crippen LogP contribution < -0.4 is 4.46 Å². The van der Waals surface area contributed by atoms with E-state index < -0.39 is 31.2 Å². The quantitative estimate of drug-likeness (QED) is 0.340. The Hall–Kier alpha value is -1.58. The van der Waals surface area contributed by atoms with Gasteiger partial charge in [0.1, 0.15) is 0 Å². The second-order valence-corrected chi connectivity index (χ2v) is 6.96. The van der Waals surface area contributed by atoms with Gasteiger partial charge in [-0.1, -0.05) is 0 Å². The maximum absolute atomic E-state index is 12.1. The third kappa shape index (κ3) is 3.94. The molecule has 1 rings (SSSR count). The van der Waals surface area contributed by atoms with Crippen molar-refractivity contribution in [3.8, 4) is 0 Å². The number of esters is 2. The number of methoxy groups -OCH3 is 1. The van der Waals surface area contributed by atoms with Crippen LogP contribution in [0, 0.1) is 0 Å². The molecule has 0 spiro atoms. The van der Waals surface area contributed by atoms with Gasteiger partial charge in [0.25, 0.3) is 0 Å². The fraction of sp³-hybridized carbons (Fsp3) is 0.286. The molecule has 0 bridgehead atoms. The van der Waals surface area contributed by atoms with Crippen molar-refractivity contribution in [3.05, 3.63) is 43.0 Å². The molecule has 1 aromatic rings. The van der Waals surface area contributed by atoms with Gasteiger partial charge in [-0.15, -0.1) is 0 Å². The van der Waals surface area contributed by atoms with Gasteiger partial charge in [-0.2, -0.15) is 0 Å². The molecule has 5 heteroatoms. The summed E-state index contributed by atoms with van der Waals surface area (Å²) in [6.07, 6.45) is 1.46. The van der Waals surface area contributed by atoms with Gasteiger partial charge in [-0.25, -0.2) is 0 Å². The Kier molecular flexibility index (Phi) is 5.80. The molecular formula is C14H16O4Se. The van der Waals surface area contributed by atoms with Crippen LogP contribution >= 0.6 is 0 Å². The van der Waals surface area contributed by atoms with Crippen LogP contribution in [-0.4, -0.2) is 40.6 Å². The molecule has 4 nitrogen and oxygen atoms in total. The summed E-state index contributed by atoms with van der Waals surface area (Å²) in [4.78, 5) is 24.0. The molecule has 0 aromatic heterocycles. The van der Waals surface area contributed by atoms with Crippen LogP contribution in [0.3, 0.4) is 0 Å². The van der Waals surface area contributed by atoms with E-state index in [9.17, 15) is 9.59 Å². The van der Waals surface area contributed by atoms with Crippen molar-refractivity contribution in [2.75, 3.05) is 13.7 Å². The van der Waals surface area contributed by atoms with Gasteiger partial charge in [0.2, 0.25) is 0 Å². The van der Waals surface area contributed by atoms with E-state index in [1.54, 1.807) is 6.92 Å². The van der Waals surface area contributed by atoms with Crippen molar-refractivity contribution in [1.29, 1.82) is 0 Å². The minimum absolute atomic E-state index is 0.0797. The number of ether oxygens (including phenoxy) is 2. The van der Waals surface area contributed by atoms with Crippen molar-refractivity contribution in [2.45, 2.75) is 11.2 Å². The van der Waals surface area contributed by atoms with Gasteiger partial charge in [0.05, 0.1) is 0 Å². The SMILES string of the molecule is C=CCOC(=O)C(C)([Se]c1ccccc1)C(=O)OC. The van der Waals surface area contributed by atoms with Gasteiger partial charge in [-0.3, -0.25) is 0 Å². The second-order valence-electron chi connectivity index (χ2n) is 3.83. The second kappa shape index (κ2) is 7.12. The average Bonchev–Trinajstić information content (AvgIpc) is 2.44. The molecule has 0 aliphatic carbocycles. The van der Waals surface area contributed by atoms with E-state index in [-0.39, 0.29) is 6.61 Å². The summed E-state index contributed by atoms with van der Waals surface area (Å²) in [5.41, 5.74) is 0. The van der Waals surface area contributed by atoms with E-state index >= 15 is 0 Å². The van der Waals surface area contributed by atoms with E-state index in [4.69, 9.17) is 9.47 Å². The molecule has 0 saturated carbocycles. The Morgan fingerprint density at radius 3 is 2.47 bits per heavy atom. The molecule has 0 radical (unpaired) electrons. The zero-order valence-electron chi connectivity index (χ0n) is 10.9. The van der Waals surface area contributed by atoms with Crippen LogP contribution in [-0.2, 0) is 19.1 Å². The van der Waals surface area contributed by atoms with Crippen LogP contribution in [0.2, 0.25) is 4.31 Å². The van der Waals surface area contributed by atoms with Crippen LogP contribution in [0.25, 0.3) is 0 Å². The summed E-state index contributed by atoms with van der Waals surface area (Å²) in [6, 6.07) is 9.36. The van der Waals surface area contributed by atoms with Crippen molar-refractivity contribution in [3.63, 3.8) is 0 Å². The van der Waals surface area contributed by atoms with Crippen molar-refractivity contribution in [1.82, 2.24) is 0 Å². The normalized spacial score (nSPS) is 13.2. The topological polar surface area (TPSA) is 52.6 Å². The van der Waals surface area contributed by atoms with E-state index in [0.29, 0.717) is 0 Å². The van der Waals surface area contributed by atoms with Gasteiger partial charge < -0.3 is 0 Å². The summed E-state index contributed by atoms with van der Waals surface area (Å²) >= 11 is -0.417. The number of hydrogen-bond acceptors (Lipinski definition) is 4. The molecule has 0 heterocycles. The molecule has 0 aliphatic rings. The average molecular weight is 327 g/mol. The van der Waals surface area contributed by atoms with Crippen molar-refractivity contribution >= 4 is 31.4 Å². The maximum atomic E-state index is 12.1. The number of carbonyl (C=O) groups excluding carboxylic acids is 2. The minimum atomic E-state index is -1.29. The van der Waals surface area contributed by atoms with Crippen LogP contribution in [0.4, 0.5) is 0 Å². The Balaban J connectivity index is 2.96. The number of carbonyl (C=O) groups is 2. The molecule has 102 valence electrons. The Morgan fingerprint density at radius 1 is 1.32 bits per heavy atom. The summed E-state index contributed by atoms with van der Waals surface area (Å²) < 4.78 is 9.39. The van der Waals surface area contributed by atoms with E-state index in [2.05, 4.69) is 6.58 Å². The third-order valence-electron chi connectivity index (χ3n) is 2.36. The van der Waals surface area contributed by atoms with E-state index in [0.717, 1.165) is 4.46 Å². The van der Waals surface area contributed by atoms with Crippen LogP contribution in [0.15, 0.2) is 43.0 Å². The zero-order chi connectivity index (χ0) is 14.3. The van der Waals surface area contributed by atoms with Crippen molar-refractivity contribution in [2.24, 2.45) is 0 Å². The first-order valence-corrected chi connectivity index (χ1v) is 7.36. The summed E-state index contributed by atoms with van der Waals surface area (Å²) in [5, 5.41) is 0. The van der Waals surface area contributed by atoms with E-state index in [1.807, 2.05) is 30.3 Å². The molecular weight excluding hydrogens is 311 g/mol. The van der Waals surface area contributed by atoms with Crippen LogP contribution in [0.1, 0.15) is 6.92 Å². The molecule has 1 aromatic carbocycles. The molecule has 0 N–H and O–H groups in total. The van der Waals surface area contributed by atoms with Gasteiger partial charge in [0, 0.05) is 0 Å². The summed E-state index contributed by atoms with van der Waals surface area (Å²) in [5.74, 6) is -1.16. The van der Waals surface area contributed by atoms with Crippen molar-refractivity contribution < 1.29 is 19.1 Å². The Morgan fingerprint density at radius 2 is 1.95 bits per heavy atom. The van der Waals surface area contributed by atoms with Crippen LogP contribution in [0.5, 0.6) is 0 Å². The fourth-order valence-corrected chi connectivity index (χ4v) is 3.61. The third-order valence-corrected chi connectivity index (χ3v) is 4.98. The first-order valence-electron chi connectivity index (χ1n) is 5.65. The molecule has 0 fully saturated rings. The Labute approximate surface area is 118 Å². The summed E-state index contributed by atoms with van der Waals surface area (Å²) in [7, 11) is 1.27. The summed E-state index contributed by atoms with van der Waals surface area (Å²) in [6.45, 7) is 5.11. The zero-order valence-corrected chi connectivity index (χ0v) is 12.6. The van der Waals surface area contributed by atoms with Gasteiger partial charge in [-0.05, 0) is 0 Å². The van der Waals surface area contributed by atoms with Gasteiger partial charge in [0.15, 0.2) is 0 Å². The molecule has 0 amide bonds. The number of rotatable bonds is 6. The molecule has 0 saturated heterocycles. The molecule has 0 aliphatic heterocycles. The van der Waals surface area contributed by atoms with Gasteiger partial charge >= 0.3 is 118 Å². The standard InChI is InChI=1S/C14H16O4Se/c1-4-10-18-13(16)14(2,12(15)17-3)19-11-8-6-5-7-9-11/h4-9H,1,10H2,2-3H3. The fourth-order valence-electron chi connectivity index (χ4n) is 1.36. The first-order chi connectivity index (χ1) is 9.04. The number of benzene rings is 1. The predicted octanol–water partition coefficient (Wildman–Crippen LogP) is 1.10.